The van der Waals surface area contributed by atoms with Crippen molar-refractivity contribution in [3.63, 3.8) is 0 Å². The molecular formula is C21H34O5. The van der Waals surface area contributed by atoms with Gasteiger partial charge in [-0.15, -0.1) is 0 Å². The second kappa shape index (κ2) is 11.3. The van der Waals surface area contributed by atoms with Crippen LogP contribution in [0.4, 0.5) is 0 Å². The maximum Gasteiger partial charge on any atom is 0.327 e. The Morgan fingerprint density at radius 2 is 2.12 bits per heavy atom. The highest BCUT2D eigenvalue weighted by atomic mass is 16.5. The van der Waals surface area contributed by atoms with Crippen molar-refractivity contribution < 1.29 is 24.5 Å². The Labute approximate surface area is 157 Å². The predicted octanol–water partition coefficient (Wildman–Crippen LogP) is 3.91. The van der Waals surface area contributed by atoms with Crippen LogP contribution in [0.15, 0.2) is 24.3 Å². The summed E-state index contributed by atoms with van der Waals surface area (Å²) < 4.78 is 5.71. The Bertz CT molecular complexity index is 507. The Hall–Kier alpha value is -1.46. The van der Waals surface area contributed by atoms with Gasteiger partial charge in [-0.1, -0.05) is 31.6 Å². The fourth-order valence-corrected chi connectivity index (χ4v) is 3.28. The molecule has 0 saturated heterocycles. The number of ether oxygens (including phenoxy) is 1. The SMILES string of the molecule is CCCOC(C)(C)C(O)/C=C/[C@H]1CCC(=O)[C@@H]1CCCC/C=C/C(=O)O. The lowest BCUT2D eigenvalue weighted by Gasteiger charge is -2.29. The molecule has 1 aliphatic carbocycles. The van der Waals surface area contributed by atoms with Gasteiger partial charge in [0.05, 0.1) is 5.60 Å². The van der Waals surface area contributed by atoms with Gasteiger partial charge >= 0.3 is 5.97 Å². The summed E-state index contributed by atoms with van der Waals surface area (Å²) in [7, 11) is 0. The second-order valence-electron chi connectivity index (χ2n) is 7.58. The van der Waals surface area contributed by atoms with Crippen LogP contribution in [0.3, 0.4) is 0 Å². The fourth-order valence-electron chi connectivity index (χ4n) is 3.28. The van der Waals surface area contributed by atoms with Gasteiger partial charge < -0.3 is 14.9 Å². The molecule has 1 fully saturated rings. The third-order valence-electron chi connectivity index (χ3n) is 4.98. The maximum absolute atomic E-state index is 12.2. The summed E-state index contributed by atoms with van der Waals surface area (Å²) >= 11 is 0. The van der Waals surface area contributed by atoms with Crippen LogP contribution in [0.2, 0.25) is 0 Å². The number of ketones is 1. The molecule has 1 unspecified atom stereocenters. The molecule has 1 saturated carbocycles. The Balaban J connectivity index is 2.49. The number of carbonyl (C=O) groups is 2. The van der Waals surface area contributed by atoms with Crippen molar-refractivity contribution in [2.45, 2.75) is 77.4 Å². The minimum absolute atomic E-state index is 0.0153. The number of aliphatic carboxylic acids is 1. The molecular weight excluding hydrogens is 332 g/mol. The van der Waals surface area contributed by atoms with E-state index in [9.17, 15) is 14.7 Å². The van der Waals surface area contributed by atoms with Crippen LogP contribution in [0.5, 0.6) is 0 Å². The van der Waals surface area contributed by atoms with E-state index in [1.807, 2.05) is 26.8 Å². The average Bonchev–Trinajstić information content (AvgIpc) is 2.93. The summed E-state index contributed by atoms with van der Waals surface area (Å²) in [6.07, 6.45) is 11.5. The van der Waals surface area contributed by atoms with Crippen LogP contribution in [-0.2, 0) is 14.3 Å². The molecule has 0 aliphatic heterocycles. The molecule has 3 atom stereocenters. The number of allylic oxidation sites excluding steroid dienone is 2. The topological polar surface area (TPSA) is 83.8 Å². The molecule has 2 N–H and O–H groups in total. The zero-order chi connectivity index (χ0) is 19.6. The molecule has 1 aliphatic rings. The Morgan fingerprint density at radius 3 is 2.77 bits per heavy atom. The first-order valence-electron chi connectivity index (χ1n) is 9.70. The first kappa shape index (κ1) is 22.6. The minimum Gasteiger partial charge on any atom is -0.478 e. The number of Topliss-reactive ketones (excluding diaryl/α,β-unsaturated/α-hetero) is 1. The van der Waals surface area contributed by atoms with Crippen LogP contribution >= 0.6 is 0 Å². The van der Waals surface area contributed by atoms with Crippen molar-refractivity contribution in [1.82, 2.24) is 0 Å². The zero-order valence-corrected chi connectivity index (χ0v) is 16.3. The van der Waals surface area contributed by atoms with Gasteiger partial charge in [-0.05, 0) is 51.9 Å². The quantitative estimate of drug-likeness (QED) is 0.311. The number of hydrogen-bond acceptors (Lipinski definition) is 4. The Morgan fingerprint density at radius 1 is 1.38 bits per heavy atom. The Kier molecular flexibility index (Phi) is 9.81. The lowest BCUT2D eigenvalue weighted by molar-refractivity contribution is -0.131. The summed E-state index contributed by atoms with van der Waals surface area (Å²) in [4.78, 5) is 22.6. The molecule has 1 rings (SSSR count). The normalized spacial score (nSPS) is 22.5. The van der Waals surface area contributed by atoms with Crippen LogP contribution in [0.25, 0.3) is 0 Å². The molecule has 0 amide bonds. The number of carboxylic acid groups (broad SMARTS) is 1. The zero-order valence-electron chi connectivity index (χ0n) is 16.3. The first-order chi connectivity index (χ1) is 12.3. The van der Waals surface area contributed by atoms with E-state index in [2.05, 4.69) is 0 Å². The van der Waals surface area contributed by atoms with Gasteiger partial charge in [0.15, 0.2) is 0 Å². The van der Waals surface area contributed by atoms with Crippen molar-refractivity contribution >= 4 is 11.8 Å². The number of rotatable bonds is 12. The molecule has 0 aromatic heterocycles. The summed E-state index contributed by atoms with van der Waals surface area (Å²) in [5.41, 5.74) is -0.638. The molecule has 0 radical (unpaired) electrons. The molecule has 5 nitrogen and oxygen atoms in total. The highest BCUT2D eigenvalue weighted by Gasteiger charge is 2.33. The highest BCUT2D eigenvalue weighted by Crippen LogP contribution is 2.34. The van der Waals surface area contributed by atoms with Crippen molar-refractivity contribution in [2.24, 2.45) is 11.8 Å². The van der Waals surface area contributed by atoms with Gasteiger partial charge in [0.2, 0.25) is 0 Å². The number of aliphatic hydroxyl groups excluding tert-OH is 1. The average molecular weight is 366 g/mol. The van der Waals surface area contributed by atoms with Crippen LogP contribution < -0.4 is 0 Å². The minimum atomic E-state index is -0.925. The van der Waals surface area contributed by atoms with Crippen molar-refractivity contribution in [3.05, 3.63) is 24.3 Å². The van der Waals surface area contributed by atoms with Crippen molar-refractivity contribution in [1.29, 1.82) is 0 Å². The number of aliphatic hydroxyl groups is 1. The number of hydrogen-bond donors (Lipinski definition) is 2. The van der Waals surface area contributed by atoms with E-state index in [-0.39, 0.29) is 11.8 Å². The molecule has 5 heteroatoms. The van der Waals surface area contributed by atoms with Gasteiger partial charge in [-0.25, -0.2) is 4.79 Å². The van der Waals surface area contributed by atoms with Gasteiger partial charge in [0.1, 0.15) is 11.9 Å². The van der Waals surface area contributed by atoms with E-state index in [4.69, 9.17) is 9.84 Å². The van der Waals surface area contributed by atoms with Gasteiger partial charge in [0, 0.05) is 25.0 Å². The van der Waals surface area contributed by atoms with E-state index in [0.29, 0.717) is 18.8 Å². The monoisotopic (exact) mass is 366 g/mol. The third kappa shape index (κ3) is 7.83. The molecule has 0 bridgehead atoms. The van der Waals surface area contributed by atoms with E-state index >= 15 is 0 Å². The fraction of sp³-hybridized carbons (Fsp3) is 0.714. The lowest BCUT2D eigenvalue weighted by Crippen LogP contribution is -2.38. The largest absolute Gasteiger partial charge is 0.478 e. The smallest absolute Gasteiger partial charge is 0.327 e. The summed E-state index contributed by atoms with van der Waals surface area (Å²) in [6.45, 7) is 6.39. The number of carboxylic acids is 1. The molecule has 148 valence electrons. The maximum atomic E-state index is 12.2. The third-order valence-corrected chi connectivity index (χ3v) is 4.98. The second-order valence-corrected chi connectivity index (χ2v) is 7.58. The van der Waals surface area contributed by atoms with Crippen LogP contribution in [0.1, 0.15) is 65.7 Å². The van der Waals surface area contributed by atoms with Gasteiger partial charge in [-0.3, -0.25) is 4.79 Å². The van der Waals surface area contributed by atoms with Crippen LogP contribution in [-0.4, -0.2) is 40.3 Å². The van der Waals surface area contributed by atoms with Gasteiger partial charge in [0.25, 0.3) is 0 Å². The summed E-state index contributed by atoms with van der Waals surface area (Å²) in [5.74, 6) is -0.433. The van der Waals surface area contributed by atoms with Crippen molar-refractivity contribution in [3.8, 4) is 0 Å². The summed E-state index contributed by atoms with van der Waals surface area (Å²) in [6, 6.07) is 0. The van der Waals surface area contributed by atoms with E-state index in [1.54, 1.807) is 12.2 Å². The number of carbonyl (C=O) groups excluding carboxylic acids is 1. The standard InChI is InChI=1S/C21H34O5/c1-4-15-26-21(2,3)19(23)14-12-16-11-13-18(22)17(16)9-7-5-6-8-10-20(24)25/h8,10,12,14,16-17,19,23H,4-7,9,11,13,15H2,1-3H3,(H,24,25)/b10-8+,14-12+/t16-,17-,19?/m1/s1. The molecule has 0 heterocycles. The van der Waals surface area contributed by atoms with E-state index in [0.717, 1.165) is 44.6 Å². The molecule has 0 aromatic rings. The predicted molar refractivity (Wildman–Crippen MR) is 102 cm³/mol. The molecule has 0 aromatic carbocycles. The van der Waals surface area contributed by atoms with Gasteiger partial charge in [-0.2, -0.15) is 0 Å². The van der Waals surface area contributed by atoms with Crippen molar-refractivity contribution in [2.75, 3.05) is 6.61 Å². The number of unbranched alkanes of at least 4 members (excludes halogenated alkanes) is 2. The molecule has 26 heavy (non-hydrogen) atoms. The summed E-state index contributed by atoms with van der Waals surface area (Å²) in [5, 5.41) is 18.9. The first-order valence-corrected chi connectivity index (χ1v) is 9.70. The van der Waals surface area contributed by atoms with E-state index in [1.165, 1.54) is 0 Å². The molecule has 0 spiro atoms. The lowest BCUT2D eigenvalue weighted by atomic mass is 9.88. The van der Waals surface area contributed by atoms with E-state index < -0.39 is 17.7 Å². The highest BCUT2D eigenvalue weighted by molar-refractivity contribution is 5.83. The van der Waals surface area contributed by atoms with Crippen LogP contribution in [0, 0.1) is 11.8 Å².